The third kappa shape index (κ3) is 4.51. The quantitative estimate of drug-likeness (QED) is 0.786. The van der Waals surface area contributed by atoms with Gasteiger partial charge in [-0.25, -0.2) is 0 Å². The van der Waals surface area contributed by atoms with Crippen LogP contribution in [0, 0.1) is 5.41 Å². The van der Waals surface area contributed by atoms with E-state index in [0.29, 0.717) is 30.2 Å². The second-order valence-electron chi connectivity index (χ2n) is 9.12. The van der Waals surface area contributed by atoms with Crippen molar-refractivity contribution in [3.05, 3.63) is 11.7 Å². The second kappa shape index (κ2) is 7.87. The summed E-state index contributed by atoms with van der Waals surface area (Å²) in [6, 6.07) is 0. The smallest absolute Gasteiger partial charge is 0.232 e. The van der Waals surface area contributed by atoms with E-state index in [1.165, 1.54) is 12.8 Å². The summed E-state index contributed by atoms with van der Waals surface area (Å²) < 4.78 is 11.0. The Morgan fingerprint density at radius 1 is 1.11 bits per heavy atom. The number of rotatable bonds is 5. The van der Waals surface area contributed by atoms with Gasteiger partial charge < -0.3 is 14.2 Å². The molecule has 2 aliphatic heterocycles. The van der Waals surface area contributed by atoms with Gasteiger partial charge in [0.25, 0.3) is 0 Å². The number of aromatic nitrogens is 2. The minimum Gasteiger partial charge on any atom is -0.379 e. The maximum absolute atomic E-state index is 12.4. The van der Waals surface area contributed by atoms with Crippen LogP contribution in [0.5, 0.6) is 0 Å². The average molecular weight is 377 g/mol. The second-order valence-corrected chi connectivity index (χ2v) is 9.12. The van der Waals surface area contributed by atoms with Crippen molar-refractivity contribution in [3.63, 3.8) is 0 Å². The minimum atomic E-state index is 0.0449. The molecule has 0 aromatic carbocycles. The fraction of sp³-hybridized carbons (Fsp3) is 0.850. The summed E-state index contributed by atoms with van der Waals surface area (Å²) in [4.78, 5) is 21.4. The van der Waals surface area contributed by atoms with Gasteiger partial charge in [0.1, 0.15) is 0 Å². The number of nitrogens with zero attached hydrogens (tertiary/aromatic N) is 4. The third-order valence-electron chi connectivity index (χ3n) is 6.52. The number of carbonyl (C=O) groups is 1. The van der Waals surface area contributed by atoms with E-state index in [2.05, 4.69) is 23.9 Å². The fourth-order valence-electron chi connectivity index (χ4n) is 4.48. The Balaban J connectivity index is 1.30. The summed E-state index contributed by atoms with van der Waals surface area (Å²) in [6.07, 6.45) is 5.16. The summed E-state index contributed by atoms with van der Waals surface area (Å²) in [6.45, 7) is 10.5. The van der Waals surface area contributed by atoms with Crippen LogP contribution in [-0.2, 0) is 9.53 Å². The predicted octanol–water partition coefficient (Wildman–Crippen LogP) is 2.40. The molecule has 2 saturated heterocycles. The zero-order valence-corrected chi connectivity index (χ0v) is 16.7. The van der Waals surface area contributed by atoms with Gasteiger partial charge in [-0.3, -0.25) is 9.69 Å². The van der Waals surface area contributed by atoms with Crippen LogP contribution in [0.1, 0.15) is 69.5 Å². The summed E-state index contributed by atoms with van der Waals surface area (Å²) in [5, 5.41) is 4.26. The van der Waals surface area contributed by atoms with Crippen molar-refractivity contribution in [3.8, 4) is 0 Å². The molecule has 4 rings (SSSR count). The van der Waals surface area contributed by atoms with E-state index in [1.807, 2.05) is 4.90 Å². The maximum Gasteiger partial charge on any atom is 0.232 e. The molecule has 3 heterocycles. The Kier molecular flexibility index (Phi) is 5.50. The van der Waals surface area contributed by atoms with Crippen molar-refractivity contribution < 1.29 is 14.1 Å². The van der Waals surface area contributed by atoms with E-state index in [0.717, 1.165) is 58.1 Å². The first-order chi connectivity index (χ1) is 13.0. The zero-order chi connectivity index (χ0) is 18.9. The maximum atomic E-state index is 12.4. The monoisotopic (exact) mass is 376 g/mol. The Bertz CT molecular complexity index is 643. The summed E-state index contributed by atoms with van der Waals surface area (Å²) >= 11 is 0. The van der Waals surface area contributed by atoms with Crippen LogP contribution in [0.15, 0.2) is 4.52 Å². The van der Waals surface area contributed by atoms with Crippen molar-refractivity contribution >= 4 is 5.91 Å². The van der Waals surface area contributed by atoms with Crippen LogP contribution >= 0.6 is 0 Å². The largest absolute Gasteiger partial charge is 0.379 e. The molecule has 1 aromatic rings. The minimum absolute atomic E-state index is 0.0449. The first-order valence-electron chi connectivity index (χ1n) is 10.4. The molecule has 1 atom stereocenters. The standard InChI is InChI=1S/C20H32N4O3/c1-20(2)5-3-15(4-6-20)18-21-19(27-22-18)16-13-17(25)24(14-16)8-7-23-9-11-26-12-10-23/h15-16H,3-14H2,1-2H3. The molecule has 1 aromatic heterocycles. The average Bonchev–Trinajstić information content (AvgIpc) is 3.28. The van der Waals surface area contributed by atoms with Crippen LogP contribution < -0.4 is 0 Å². The lowest BCUT2D eigenvalue weighted by molar-refractivity contribution is -0.128. The molecule has 1 aliphatic carbocycles. The van der Waals surface area contributed by atoms with Gasteiger partial charge in [0, 0.05) is 45.1 Å². The molecular weight excluding hydrogens is 344 g/mol. The number of likely N-dealkylation sites (tertiary alicyclic amines) is 1. The molecule has 7 nitrogen and oxygen atoms in total. The van der Waals surface area contributed by atoms with Crippen molar-refractivity contribution in [2.24, 2.45) is 5.41 Å². The summed E-state index contributed by atoms with van der Waals surface area (Å²) in [7, 11) is 0. The normalized spacial score (nSPS) is 27.4. The van der Waals surface area contributed by atoms with Gasteiger partial charge >= 0.3 is 0 Å². The zero-order valence-electron chi connectivity index (χ0n) is 16.7. The van der Waals surface area contributed by atoms with Crippen LogP contribution in [0.25, 0.3) is 0 Å². The Hall–Kier alpha value is -1.47. The molecular formula is C20H32N4O3. The number of hydrogen-bond acceptors (Lipinski definition) is 6. The molecule has 0 spiro atoms. The van der Waals surface area contributed by atoms with Gasteiger partial charge in [-0.15, -0.1) is 0 Å². The molecule has 3 fully saturated rings. The molecule has 1 amide bonds. The fourth-order valence-corrected chi connectivity index (χ4v) is 4.48. The molecule has 3 aliphatic rings. The van der Waals surface area contributed by atoms with Crippen LogP contribution in [-0.4, -0.2) is 71.8 Å². The van der Waals surface area contributed by atoms with E-state index in [4.69, 9.17) is 14.2 Å². The van der Waals surface area contributed by atoms with E-state index in [9.17, 15) is 4.79 Å². The number of ether oxygens (including phenoxy) is 1. The van der Waals surface area contributed by atoms with Crippen molar-refractivity contribution in [2.45, 2.75) is 57.8 Å². The Morgan fingerprint density at radius 3 is 2.59 bits per heavy atom. The topological polar surface area (TPSA) is 71.7 Å². The number of morpholine rings is 1. The lowest BCUT2D eigenvalue weighted by Gasteiger charge is -2.32. The van der Waals surface area contributed by atoms with E-state index >= 15 is 0 Å². The number of hydrogen-bond donors (Lipinski definition) is 0. The lowest BCUT2D eigenvalue weighted by Crippen LogP contribution is -2.41. The number of carbonyl (C=O) groups excluding carboxylic acids is 1. The highest BCUT2D eigenvalue weighted by molar-refractivity contribution is 5.79. The molecule has 1 saturated carbocycles. The van der Waals surface area contributed by atoms with E-state index in [1.54, 1.807) is 0 Å². The van der Waals surface area contributed by atoms with Crippen LogP contribution in [0.2, 0.25) is 0 Å². The highest BCUT2D eigenvalue weighted by Gasteiger charge is 2.36. The van der Waals surface area contributed by atoms with Gasteiger partial charge in [-0.1, -0.05) is 19.0 Å². The van der Waals surface area contributed by atoms with Gasteiger partial charge in [-0.05, 0) is 31.1 Å². The lowest BCUT2D eigenvalue weighted by atomic mass is 9.73. The third-order valence-corrected chi connectivity index (χ3v) is 6.52. The Morgan fingerprint density at radius 2 is 1.85 bits per heavy atom. The van der Waals surface area contributed by atoms with Crippen molar-refractivity contribution in [1.29, 1.82) is 0 Å². The van der Waals surface area contributed by atoms with E-state index in [-0.39, 0.29) is 11.8 Å². The molecule has 0 bridgehead atoms. The number of amides is 1. The first-order valence-corrected chi connectivity index (χ1v) is 10.4. The SMILES string of the molecule is CC1(C)CCC(c2noc(C3CC(=O)N(CCN4CCOCC4)C3)n2)CC1. The first kappa shape index (κ1) is 18.9. The molecule has 1 unspecified atom stereocenters. The summed E-state index contributed by atoms with van der Waals surface area (Å²) in [5.41, 5.74) is 0.432. The van der Waals surface area contributed by atoms with Crippen LogP contribution in [0.3, 0.4) is 0 Å². The van der Waals surface area contributed by atoms with Gasteiger partial charge in [0.2, 0.25) is 11.8 Å². The molecule has 7 heteroatoms. The van der Waals surface area contributed by atoms with E-state index < -0.39 is 0 Å². The molecule has 150 valence electrons. The molecule has 0 N–H and O–H groups in total. The molecule has 27 heavy (non-hydrogen) atoms. The van der Waals surface area contributed by atoms with Crippen molar-refractivity contribution in [2.75, 3.05) is 45.9 Å². The van der Waals surface area contributed by atoms with Crippen LogP contribution in [0.4, 0.5) is 0 Å². The summed E-state index contributed by atoms with van der Waals surface area (Å²) in [5.74, 6) is 2.15. The predicted molar refractivity (Wildman–Crippen MR) is 100 cm³/mol. The Labute approximate surface area is 161 Å². The van der Waals surface area contributed by atoms with Gasteiger partial charge in [0.05, 0.1) is 19.1 Å². The highest BCUT2D eigenvalue weighted by atomic mass is 16.5. The van der Waals surface area contributed by atoms with Gasteiger partial charge in [-0.2, -0.15) is 4.98 Å². The highest BCUT2D eigenvalue weighted by Crippen LogP contribution is 2.42. The van der Waals surface area contributed by atoms with Crippen molar-refractivity contribution in [1.82, 2.24) is 19.9 Å². The molecule has 0 radical (unpaired) electrons. The van der Waals surface area contributed by atoms with Gasteiger partial charge in [0.15, 0.2) is 5.82 Å².